The first-order valence-electron chi connectivity index (χ1n) is 3.62. The molecule has 0 spiro atoms. The third kappa shape index (κ3) is 5.21. The Morgan fingerprint density at radius 2 is 2.00 bits per heavy atom. The summed E-state index contributed by atoms with van der Waals surface area (Å²) in [4.78, 5) is 7.12. The predicted octanol–water partition coefficient (Wildman–Crippen LogP) is 2.24. The second kappa shape index (κ2) is 4.84. The molecule has 76 valence electrons. The van der Waals surface area contributed by atoms with Gasteiger partial charge in [-0.2, -0.15) is 13.2 Å². The van der Waals surface area contributed by atoms with Gasteiger partial charge in [-0.05, 0) is 5.92 Å². The highest BCUT2D eigenvalue weighted by Crippen LogP contribution is 2.18. The molecule has 0 saturated heterocycles. The van der Waals surface area contributed by atoms with E-state index in [0.717, 1.165) is 0 Å². The Morgan fingerprint density at radius 3 is 2.31 bits per heavy atom. The summed E-state index contributed by atoms with van der Waals surface area (Å²) in [5.41, 5.74) is 0. The maximum atomic E-state index is 12.0. The molecule has 0 saturated carbocycles. The molecule has 0 aromatic carbocycles. The Labute approximate surface area is 74.3 Å². The minimum Gasteiger partial charge on any atom is -0.332 e. The molecule has 0 aromatic heterocycles. The lowest BCUT2D eigenvalue weighted by Gasteiger charge is -2.07. The van der Waals surface area contributed by atoms with Gasteiger partial charge in [-0.15, -0.1) is 0 Å². The van der Waals surface area contributed by atoms with Gasteiger partial charge >= 0.3 is 12.1 Å². The predicted molar refractivity (Wildman–Crippen MR) is 43.8 cm³/mol. The van der Waals surface area contributed by atoms with Crippen molar-refractivity contribution in [2.45, 2.75) is 20.0 Å². The summed E-state index contributed by atoms with van der Waals surface area (Å²) in [5.74, 6) is -1.32. The molecule has 0 amide bonds. The zero-order valence-electron chi connectivity index (χ0n) is 7.43. The number of rotatable bonds is 3. The fourth-order valence-corrected chi connectivity index (χ4v) is 0.497. The molecule has 0 heterocycles. The van der Waals surface area contributed by atoms with Crippen molar-refractivity contribution in [2.75, 3.05) is 6.54 Å². The summed E-state index contributed by atoms with van der Waals surface area (Å²) < 4.78 is 36.0. The second-order valence-electron chi connectivity index (χ2n) is 2.76. The molecule has 0 rings (SSSR count). The van der Waals surface area contributed by atoms with Gasteiger partial charge in [0, 0.05) is 13.3 Å². The Balaban J connectivity index is 4.41. The SMILES string of the molecule is C=NO/C(=N\CC(C)C)C(F)(F)F. The molecule has 0 aliphatic heterocycles. The van der Waals surface area contributed by atoms with Crippen molar-refractivity contribution in [1.82, 2.24) is 0 Å². The van der Waals surface area contributed by atoms with Gasteiger partial charge in [0.15, 0.2) is 0 Å². The number of hydrogen-bond acceptors (Lipinski definition) is 3. The molecule has 0 bridgehead atoms. The summed E-state index contributed by atoms with van der Waals surface area (Å²) in [7, 11) is 0. The Bertz CT molecular complexity index is 198. The lowest BCUT2D eigenvalue weighted by molar-refractivity contribution is -0.0783. The number of hydrogen-bond donors (Lipinski definition) is 0. The van der Waals surface area contributed by atoms with Crippen LogP contribution in [0.25, 0.3) is 0 Å². The molecule has 0 aliphatic rings. The van der Waals surface area contributed by atoms with Crippen molar-refractivity contribution < 1.29 is 18.0 Å². The van der Waals surface area contributed by atoms with Crippen LogP contribution in [-0.2, 0) is 4.84 Å². The molecular weight excluding hydrogens is 185 g/mol. The van der Waals surface area contributed by atoms with Crippen molar-refractivity contribution in [3.63, 3.8) is 0 Å². The zero-order valence-corrected chi connectivity index (χ0v) is 7.43. The number of alkyl halides is 3. The van der Waals surface area contributed by atoms with E-state index in [1.165, 1.54) is 0 Å². The van der Waals surface area contributed by atoms with Crippen LogP contribution in [0.5, 0.6) is 0 Å². The van der Waals surface area contributed by atoms with Gasteiger partial charge in [-0.1, -0.05) is 19.0 Å². The first kappa shape index (κ1) is 11.9. The molecule has 0 aromatic rings. The normalized spacial score (nSPS) is 13.2. The van der Waals surface area contributed by atoms with E-state index >= 15 is 0 Å². The van der Waals surface area contributed by atoms with Gasteiger partial charge in [-0.25, -0.2) is 4.99 Å². The highest BCUT2D eigenvalue weighted by Gasteiger charge is 2.38. The average molecular weight is 196 g/mol. The third-order valence-electron chi connectivity index (χ3n) is 0.994. The first-order valence-corrected chi connectivity index (χ1v) is 3.62. The van der Waals surface area contributed by atoms with Gasteiger partial charge in [0.25, 0.3) is 0 Å². The van der Waals surface area contributed by atoms with E-state index in [4.69, 9.17) is 0 Å². The minimum absolute atomic E-state index is 0.0331. The molecule has 0 atom stereocenters. The maximum Gasteiger partial charge on any atom is 0.471 e. The first-order chi connectivity index (χ1) is 5.88. The van der Waals surface area contributed by atoms with Crippen LogP contribution in [0, 0.1) is 5.92 Å². The van der Waals surface area contributed by atoms with Crippen LogP contribution in [-0.4, -0.2) is 25.3 Å². The standard InChI is InChI=1S/C7H11F3N2O/c1-5(2)4-12-6(13-11-3)7(8,9)10/h5H,3-4H2,1-2H3/b12-6-. The van der Waals surface area contributed by atoms with Crippen LogP contribution < -0.4 is 0 Å². The molecule has 0 radical (unpaired) electrons. The molecule has 0 unspecified atom stereocenters. The summed E-state index contributed by atoms with van der Waals surface area (Å²) >= 11 is 0. The second-order valence-corrected chi connectivity index (χ2v) is 2.76. The third-order valence-corrected chi connectivity index (χ3v) is 0.994. The highest BCUT2D eigenvalue weighted by molar-refractivity contribution is 5.81. The zero-order chi connectivity index (χ0) is 10.5. The number of nitrogens with zero attached hydrogens (tertiary/aromatic N) is 2. The summed E-state index contributed by atoms with van der Waals surface area (Å²) in [6.07, 6.45) is -4.60. The van der Waals surface area contributed by atoms with E-state index in [1.54, 1.807) is 13.8 Å². The average Bonchev–Trinajstić information content (AvgIpc) is 1.95. The van der Waals surface area contributed by atoms with Crippen LogP contribution in [0.3, 0.4) is 0 Å². The lowest BCUT2D eigenvalue weighted by atomic mass is 10.2. The van der Waals surface area contributed by atoms with Gasteiger partial charge in [-0.3, -0.25) is 0 Å². The molecular formula is C7H11F3N2O. The van der Waals surface area contributed by atoms with Gasteiger partial charge in [0.2, 0.25) is 0 Å². The Hall–Kier alpha value is -1.07. The molecule has 13 heavy (non-hydrogen) atoms. The smallest absolute Gasteiger partial charge is 0.332 e. The molecule has 0 N–H and O–H groups in total. The van der Waals surface area contributed by atoms with Crippen molar-refractivity contribution in [1.29, 1.82) is 0 Å². The van der Waals surface area contributed by atoms with E-state index in [1.807, 2.05) is 0 Å². The fraction of sp³-hybridized carbons (Fsp3) is 0.714. The molecule has 6 heteroatoms. The molecule has 0 fully saturated rings. The van der Waals surface area contributed by atoms with Crippen LogP contribution in [0.1, 0.15) is 13.8 Å². The van der Waals surface area contributed by atoms with Gasteiger partial charge in [0.05, 0.1) is 0 Å². The van der Waals surface area contributed by atoms with Gasteiger partial charge < -0.3 is 4.84 Å². The van der Waals surface area contributed by atoms with Crippen molar-refractivity contribution in [3.8, 4) is 0 Å². The lowest BCUT2D eigenvalue weighted by Crippen LogP contribution is -2.25. The quantitative estimate of drug-likeness (QED) is 0.387. The summed E-state index contributed by atoms with van der Waals surface area (Å²) in [6, 6.07) is 0. The van der Waals surface area contributed by atoms with Crippen LogP contribution in [0.4, 0.5) is 13.2 Å². The fourth-order valence-electron chi connectivity index (χ4n) is 0.497. The Morgan fingerprint density at radius 1 is 1.46 bits per heavy atom. The Kier molecular flexibility index (Phi) is 4.44. The minimum atomic E-state index is -4.60. The van der Waals surface area contributed by atoms with Crippen molar-refractivity contribution in [3.05, 3.63) is 0 Å². The van der Waals surface area contributed by atoms with E-state index in [9.17, 15) is 13.2 Å². The monoisotopic (exact) mass is 196 g/mol. The van der Waals surface area contributed by atoms with Gasteiger partial charge in [0.1, 0.15) is 0 Å². The van der Waals surface area contributed by atoms with Crippen molar-refractivity contribution >= 4 is 12.6 Å². The van der Waals surface area contributed by atoms with Crippen molar-refractivity contribution in [2.24, 2.45) is 16.1 Å². The number of halogens is 3. The van der Waals surface area contributed by atoms with Crippen LogP contribution >= 0.6 is 0 Å². The topological polar surface area (TPSA) is 34.0 Å². The maximum absolute atomic E-state index is 12.0. The largest absolute Gasteiger partial charge is 0.471 e. The van der Waals surface area contributed by atoms with E-state index < -0.39 is 12.1 Å². The van der Waals surface area contributed by atoms with Crippen LogP contribution in [0.2, 0.25) is 0 Å². The number of aliphatic imine (C=N–C) groups is 1. The van der Waals surface area contributed by atoms with E-state index in [-0.39, 0.29) is 12.5 Å². The van der Waals surface area contributed by atoms with E-state index in [0.29, 0.717) is 0 Å². The van der Waals surface area contributed by atoms with Crippen LogP contribution in [0.15, 0.2) is 10.1 Å². The summed E-state index contributed by atoms with van der Waals surface area (Å²) in [5, 5.41) is 2.68. The van der Waals surface area contributed by atoms with E-state index in [2.05, 4.69) is 21.7 Å². The summed E-state index contributed by atoms with van der Waals surface area (Å²) in [6.45, 7) is 6.33. The number of oxime groups is 1. The highest BCUT2D eigenvalue weighted by atomic mass is 19.4. The molecule has 3 nitrogen and oxygen atoms in total. The molecule has 0 aliphatic carbocycles.